The zero-order valence-corrected chi connectivity index (χ0v) is 29.0. The first-order valence-corrected chi connectivity index (χ1v) is 16.3. The average Bonchev–Trinajstić information content (AvgIpc) is 3.44. The SMILES string of the molecule is CCNC(=O)[C@H](CCN(C(=O)CO)[C@@H](c1cc(-c2cc(F)ccc2F)cn1Cc1ccccc1)C(C)(C)C)NC(=O)[C@H](CC(N)=O)NC(C)=O. The lowest BCUT2D eigenvalue weighted by atomic mass is 9.82. The van der Waals surface area contributed by atoms with Crippen molar-refractivity contribution in [1.82, 2.24) is 25.4 Å². The van der Waals surface area contributed by atoms with Gasteiger partial charge in [-0.05, 0) is 48.6 Å². The molecule has 14 heteroatoms. The minimum Gasteiger partial charge on any atom is -0.387 e. The number of likely N-dealkylation sites (N-methyl/N-ethyl adjacent to an activating group) is 1. The summed E-state index contributed by atoms with van der Waals surface area (Å²) in [6.45, 7) is 7.98. The molecular weight excluding hydrogens is 650 g/mol. The number of amides is 5. The highest BCUT2D eigenvalue weighted by atomic mass is 19.1. The van der Waals surface area contributed by atoms with E-state index in [2.05, 4.69) is 16.0 Å². The van der Waals surface area contributed by atoms with E-state index in [0.717, 1.165) is 30.7 Å². The van der Waals surface area contributed by atoms with Crippen LogP contribution in [0.2, 0.25) is 0 Å². The number of carbonyl (C=O) groups excluding carboxylic acids is 5. The van der Waals surface area contributed by atoms with E-state index in [1.165, 1.54) is 4.90 Å². The van der Waals surface area contributed by atoms with Gasteiger partial charge in [0.05, 0.1) is 12.5 Å². The summed E-state index contributed by atoms with van der Waals surface area (Å²) >= 11 is 0. The first-order chi connectivity index (χ1) is 23.5. The molecule has 50 heavy (non-hydrogen) atoms. The third-order valence-corrected chi connectivity index (χ3v) is 7.97. The van der Waals surface area contributed by atoms with E-state index in [0.29, 0.717) is 17.8 Å². The third-order valence-electron chi connectivity index (χ3n) is 7.97. The van der Waals surface area contributed by atoms with E-state index in [9.17, 15) is 33.5 Å². The van der Waals surface area contributed by atoms with Gasteiger partial charge >= 0.3 is 0 Å². The van der Waals surface area contributed by atoms with Gasteiger partial charge in [0.25, 0.3) is 0 Å². The molecule has 6 N–H and O–H groups in total. The van der Waals surface area contributed by atoms with Gasteiger partial charge in [-0.1, -0.05) is 51.1 Å². The molecule has 0 radical (unpaired) electrons. The maximum atomic E-state index is 15.1. The molecule has 3 aromatic rings. The van der Waals surface area contributed by atoms with Crippen LogP contribution < -0.4 is 21.7 Å². The van der Waals surface area contributed by atoms with Crippen LogP contribution in [0.1, 0.15) is 64.8 Å². The first kappa shape index (κ1) is 39.3. The number of nitrogens with two attached hydrogens (primary N) is 1. The van der Waals surface area contributed by atoms with Crippen molar-refractivity contribution in [2.24, 2.45) is 11.1 Å². The van der Waals surface area contributed by atoms with Crippen molar-refractivity contribution in [1.29, 1.82) is 0 Å². The minimum atomic E-state index is -1.35. The molecule has 3 atom stereocenters. The molecule has 2 aromatic carbocycles. The molecule has 0 aliphatic carbocycles. The van der Waals surface area contributed by atoms with Gasteiger partial charge in [-0.15, -0.1) is 0 Å². The Balaban J connectivity index is 2.10. The number of hydrogen-bond donors (Lipinski definition) is 5. The first-order valence-electron chi connectivity index (χ1n) is 16.3. The van der Waals surface area contributed by atoms with Crippen molar-refractivity contribution in [3.63, 3.8) is 0 Å². The zero-order chi connectivity index (χ0) is 37.2. The number of hydrogen-bond acceptors (Lipinski definition) is 6. The lowest BCUT2D eigenvalue weighted by Gasteiger charge is -2.41. The highest BCUT2D eigenvalue weighted by Crippen LogP contribution is 2.41. The number of halogens is 2. The van der Waals surface area contributed by atoms with Crippen LogP contribution in [0.15, 0.2) is 60.8 Å². The number of rotatable bonds is 16. The maximum absolute atomic E-state index is 15.1. The summed E-state index contributed by atoms with van der Waals surface area (Å²) in [5, 5.41) is 17.7. The van der Waals surface area contributed by atoms with Gasteiger partial charge in [-0.3, -0.25) is 24.0 Å². The minimum absolute atomic E-state index is 0.0226. The molecule has 1 aromatic heterocycles. The van der Waals surface area contributed by atoms with Crippen molar-refractivity contribution in [3.8, 4) is 11.1 Å². The predicted molar refractivity (Wildman–Crippen MR) is 183 cm³/mol. The fraction of sp³-hybridized carbons (Fsp3) is 0.417. The second kappa shape index (κ2) is 17.5. The monoisotopic (exact) mass is 696 g/mol. The van der Waals surface area contributed by atoms with Crippen LogP contribution in [-0.2, 0) is 30.5 Å². The van der Waals surface area contributed by atoms with Crippen LogP contribution >= 0.6 is 0 Å². The van der Waals surface area contributed by atoms with Gasteiger partial charge in [0.1, 0.15) is 30.3 Å². The summed E-state index contributed by atoms with van der Waals surface area (Å²) < 4.78 is 31.2. The molecule has 0 saturated carbocycles. The third kappa shape index (κ3) is 10.7. The molecule has 0 aliphatic rings. The summed E-state index contributed by atoms with van der Waals surface area (Å²) in [6.07, 6.45) is 1.03. The van der Waals surface area contributed by atoms with Crippen LogP contribution in [0, 0.1) is 17.0 Å². The smallest absolute Gasteiger partial charge is 0.248 e. The summed E-state index contributed by atoms with van der Waals surface area (Å²) in [4.78, 5) is 64.7. The Morgan fingerprint density at radius 3 is 2.22 bits per heavy atom. The highest BCUT2D eigenvalue weighted by molar-refractivity contribution is 5.94. The van der Waals surface area contributed by atoms with E-state index in [4.69, 9.17) is 5.73 Å². The van der Waals surface area contributed by atoms with Crippen LogP contribution in [0.4, 0.5) is 8.78 Å². The van der Waals surface area contributed by atoms with Crippen LogP contribution in [-0.4, -0.2) is 75.9 Å². The largest absolute Gasteiger partial charge is 0.387 e. The number of nitrogens with one attached hydrogen (secondary N) is 3. The number of primary amides is 1. The van der Waals surface area contributed by atoms with Gasteiger partial charge in [0.15, 0.2) is 0 Å². The number of aliphatic hydroxyl groups excluding tert-OH is 1. The average molecular weight is 697 g/mol. The second-order valence-corrected chi connectivity index (χ2v) is 13.1. The molecule has 0 bridgehead atoms. The van der Waals surface area contributed by atoms with Crippen LogP contribution in [0.3, 0.4) is 0 Å². The van der Waals surface area contributed by atoms with Crippen molar-refractivity contribution >= 4 is 29.5 Å². The zero-order valence-electron chi connectivity index (χ0n) is 29.0. The van der Waals surface area contributed by atoms with Crippen LogP contribution in [0.25, 0.3) is 11.1 Å². The molecular formula is C36H46F2N6O6. The Morgan fingerprint density at radius 2 is 1.64 bits per heavy atom. The van der Waals surface area contributed by atoms with Gasteiger partial charge in [0, 0.05) is 49.6 Å². The summed E-state index contributed by atoms with van der Waals surface area (Å²) in [7, 11) is 0. The summed E-state index contributed by atoms with van der Waals surface area (Å²) in [5.41, 5.74) is 6.39. The fourth-order valence-corrected chi connectivity index (χ4v) is 5.86. The normalized spacial score (nSPS) is 13.1. The molecule has 0 aliphatic heterocycles. The second-order valence-electron chi connectivity index (χ2n) is 13.1. The molecule has 0 spiro atoms. The number of benzene rings is 2. The Morgan fingerprint density at radius 1 is 0.960 bits per heavy atom. The molecule has 1 heterocycles. The molecule has 270 valence electrons. The van der Waals surface area contributed by atoms with Crippen molar-refractivity contribution in [3.05, 3.63) is 83.7 Å². The van der Waals surface area contributed by atoms with E-state index >= 15 is 4.39 Å². The molecule has 12 nitrogen and oxygen atoms in total. The lowest BCUT2D eigenvalue weighted by molar-refractivity contribution is -0.140. The Kier molecular flexibility index (Phi) is 13.8. The number of carbonyl (C=O) groups is 5. The number of aromatic nitrogens is 1. The van der Waals surface area contributed by atoms with Crippen LogP contribution in [0.5, 0.6) is 0 Å². The Labute approximate surface area is 290 Å². The lowest BCUT2D eigenvalue weighted by Crippen LogP contribution is -2.55. The Bertz CT molecular complexity index is 1660. The number of nitrogens with zero attached hydrogens (tertiary/aromatic N) is 2. The summed E-state index contributed by atoms with van der Waals surface area (Å²) in [5.74, 6) is -4.80. The quantitative estimate of drug-likeness (QED) is 0.154. The molecule has 0 unspecified atom stereocenters. The van der Waals surface area contributed by atoms with E-state index in [-0.39, 0.29) is 25.1 Å². The molecule has 3 rings (SSSR count). The van der Waals surface area contributed by atoms with E-state index in [1.54, 1.807) is 19.2 Å². The van der Waals surface area contributed by atoms with E-state index < -0.39 is 77.7 Å². The molecule has 0 fully saturated rings. The van der Waals surface area contributed by atoms with Gasteiger partial charge in [-0.2, -0.15) is 0 Å². The number of aliphatic hydroxyl groups is 1. The van der Waals surface area contributed by atoms with Crippen molar-refractivity contribution < 1.29 is 37.9 Å². The Hall–Kier alpha value is -5.11. The van der Waals surface area contributed by atoms with E-state index in [1.807, 2.05) is 55.7 Å². The maximum Gasteiger partial charge on any atom is 0.248 e. The molecule has 0 saturated heterocycles. The molecule has 5 amide bonds. The van der Waals surface area contributed by atoms with Crippen molar-refractivity contribution in [2.45, 2.75) is 72.1 Å². The fourth-order valence-electron chi connectivity index (χ4n) is 5.86. The summed E-state index contributed by atoms with van der Waals surface area (Å²) in [6, 6.07) is 10.9. The van der Waals surface area contributed by atoms with Gasteiger partial charge < -0.3 is 36.3 Å². The van der Waals surface area contributed by atoms with Gasteiger partial charge in [0.2, 0.25) is 29.5 Å². The topological polar surface area (TPSA) is 176 Å². The standard InChI is InChI=1S/C36H46F2N6O6/c1-6-40-34(49)28(42-35(50)29(18-31(39)47)41-22(2)46)14-15-44(32(48)21-45)33(36(3,4)5)30-16-24(26-17-25(37)12-13-27(26)38)20-43(30)19-23-10-8-7-9-11-23/h7-13,16-17,20,28-29,33,45H,6,14-15,18-19,21H2,1-5H3,(H2,39,47)(H,40,49)(H,41,46)(H,42,50)/t28-,29-,33-/m0/s1. The van der Waals surface area contributed by atoms with Crippen molar-refractivity contribution in [2.75, 3.05) is 19.7 Å². The van der Waals surface area contributed by atoms with Gasteiger partial charge in [-0.25, -0.2) is 8.78 Å². The predicted octanol–water partition coefficient (Wildman–Crippen LogP) is 2.78. The highest BCUT2D eigenvalue weighted by Gasteiger charge is 2.38.